The molecule has 0 aromatic carbocycles. The minimum Gasteiger partial charge on any atom is -0.481 e. The molecule has 0 aromatic heterocycles. The van der Waals surface area contributed by atoms with Crippen LogP contribution < -0.4 is 0 Å². The van der Waals surface area contributed by atoms with Gasteiger partial charge in [0, 0.05) is 0 Å². The van der Waals surface area contributed by atoms with E-state index in [-0.39, 0.29) is 0 Å². The van der Waals surface area contributed by atoms with Crippen LogP contribution in [0, 0.1) is 0 Å². The standard InChI is InChI=1S/C4H6O5.2C4H9.2CH3.Sn/c5-2(4(8)9)1-3(6)7;2*1-3-4-2;;;/h2,5H,1H2,(H,6,7)(H,8,9);2*1,3-4H2,2H3;2*1H3;. The molecule has 6 heteroatoms. The summed E-state index contributed by atoms with van der Waals surface area (Å²) < 4.78 is 3.23. The van der Waals surface area contributed by atoms with Crippen LogP contribution in [0.25, 0.3) is 0 Å². The average molecular weight is 397 g/mol. The smallest absolute Gasteiger partial charge is 0.333 e. The normalized spacial score (nSPS) is 12.2. The van der Waals surface area contributed by atoms with Gasteiger partial charge in [-0.25, -0.2) is 4.79 Å². The van der Waals surface area contributed by atoms with Gasteiger partial charge in [0.25, 0.3) is 0 Å². The van der Waals surface area contributed by atoms with Gasteiger partial charge in [0.1, 0.15) is 0 Å². The zero-order chi connectivity index (χ0) is 16.2. The molecule has 1 unspecified atom stereocenters. The number of carbonyl (C=O) groups is 2. The minimum atomic E-state index is -1.79. The van der Waals surface area contributed by atoms with Gasteiger partial charge in [-0.1, -0.05) is 0 Å². The maximum absolute atomic E-state index is 9.72. The number of carboxylic acids is 2. The molecule has 0 aromatic rings. The van der Waals surface area contributed by atoms with Gasteiger partial charge in [0.15, 0.2) is 6.10 Å². The van der Waals surface area contributed by atoms with Gasteiger partial charge in [-0.15, -0.1) is 0 Å². The van der Waals surface area contributed by atoms with Gasteiger partial charge >= 0.3 is 88.6 Å². The number of hydrogen-bond acceptors (Lipinski definition) is 3. The summed E-state index contributed by atoms with van der Waals surface area (Å²) in [6, 6.07) is 0. The minimum absolute atomic E-state index is 0.755. The van der Waals surface area contributed by atoms with Crippen LogP contribution in [0.2, 0.25) is 18.8 Å². The Kier molecular flexibility index (Phi) is 13.7. The fraction of sp³-hybridized carbons (Fsp3) is 0.857. The van der Waals surface area contributed by atoms with Gasteiger partial charge < -0.3 is 15.3 Å². The summed E-state index contributed by atoms with van der Waals surface area (Å²) in [7, 11) is 0. The molecular weight excluding hydrogens is 367 g/mol. The first-order valence-corrected chi connectivity index (χ1v) is 17.0. The van der Waals surface area contributed by atoms with Crippen molar-refractivity contribution in [2.24, 2.45) is 0 Å². The number of aliphatic carboxylic acids is 2. The van der Waals surface area contributed by atoms with Gasteiger partial charge in [-0.05, 0) is 0 Å². The Labute approximate surface area is 126 Å². The molecule has 0 fully saturated rings. The largest absolute Gasteiger partial charge is 0.481 e. The maximum Gasteiger partial charge on any atom is 0.333 e. The fourth-order valence-electron chi connectivity index (χ4n) is 1.69. The molecular formula is C14H30O5Sn. The first-order valence-electron chi connectivity index (χ1n) is 7.29. The number of hydrogen-bond donors (Lipinski definition) is 3. The number of aliphatic hydroxyl groups is 1. The predicted octanol–water partition coefficient (Wildman–Crippen LogP) is 3.20. The summed E-state index contributed by atoms with van der Waals surface area (Å²) in [4.78, 5) is 24.6. The third-order valence-corrected chi connectivity index (χ3v) is 12.8. The average Bonchev–Trinajstić information content (AvgIpc) is 2.34. The summed E-state index contributed by atoms with van der Waals surface area (Å²) in [5, 5.41) is 24.1. The van der Waals surface area contributed by atoms with Crippen molar-refractivity contribution in [1.29, 1.82) is 0 Å². The SMILES string of the molecule is CCC[CH2][Sn]([CH3])([CH3])[CH2]CCC.O=C(O)CC(O)C(=O)O. The molecule has 0 aliphatic heterocycles. The summed E-state index contributed by atoms with van der Waals surface area (Å²) in [6.07, 6.45) is 3.23. The monoisotopic (exact) mass is 398 g/mol. The van der Waals surface area contributed by atoms with Crippen LogP contribution >= 0.6 is 0 Å². The van der Waals surface area contributed by atoms with Crippen molar-refractivity contribution in [2.45, 2.75) is 70.8 Å². The van der Waals surface area contributed by atoms with Crippen molar-refractivity contribution in [3.05, 3.63) is 0 Å². The van der Waals surface area contributed by atoms with Crippen LogP contribution in [-0.4, -0.2) is 51.7 Å². The van der Waals surface area contributed by atoms with Crippen LogP contribution in [0.15, 0.2) is 0 Å². The summed E-state index contributed by atoms with van der Waals surface area (Å²) in [5.41, 5.74) is 0. The second kappa shape index (κ2) is 12.4. The van der Waals surface area contributed by atoms with E-state index in [2.05, 4.69) is 23.7 Å². The van der Waals surface area contributed by atoms with Crippen molar-refractivity contribution in [3.63, 3.8) is 0 Å². The molecule has 0 bridgehead atoms. The summed E-state index contributed by atoms with van der Waals surface area (Å²) in [5.74, 6) is -2.85. The van der Waals surface area contributed by atoms with E-state index in [1.54, 1.807) is 8.87 Å². The topological polar surface area (TPSA) is 94.8 Å². The molecule has 0 heterocycles. The molecule has 120 valence electrons. The second-order valence-corrected chi connectivity index (χ2v) is 21.0. The van der Waals surface area contributed by atoms with Crippen molar-refractivity contribution >= 4 is 30.3 Å². The van der Waals surface area contributed by atoms with Crippen LogP contribution in [0.1, 0.15) is 46.0 Å². The van der Waals surface area contributed by atoms with Gasteiger partial charge in [0.05, 0.1) is 6.42 Å². The Morgan fingerprint density at radius 1 is 1.00 bits per heavy atom. The molecule has 0 rings (SSSR count). The van der Waals surface area contributed by atoms with Crippen LogP contribution in [-0.2, 0) is 9.59 Å². The number of unbranched alkanes of at least 4 members (excludes halogenated alkanes) is 2. The molecule has 0 spiro atoms. The predicted molar refractivity (Wildman–Crippen MR) is 82.8 cm³/mol. The second-order valence-electron chi connectivity index (χ2n) is 5.82. The van der Waals surface area contributed by atoms with E-state index in [9.17, 15) is 9.59 Å². The zero-order valence-electron chi connectivity index (χ0n) is 13.2. The third kappa shape index (κ3) is 15.8. The van der Waals surface area contributed by atoms with E-state index < -0.39 is 42.8 Å². The van der Waals surface area contributed by atoms with Crippen molar-refractivity contribution in [2.75, 3.05) is 0 Å². The summed E-state index contributed by atoms with van der Waals surface area (Å²) in [6.45, 7) is 4.61. The maximum atomic E-state index is 9.72. The van der Waals surface area contributed by atoms with E-state index in [1.807, 2.05) is 0 Å². The fourth-order valence-corrected chi connectivity index (χ4v) is 9.88. The molecule has 0 radical (unpaired) electrons. The Morgan fingerprint density at radius 3 is 1.60 bits per heavy atom. The Balaban J connectivity index is 0. The molecule has 0 saturated carbocycles. The van der Waals surface area contributed by atoms with Crippen LogP contribution in [0.4, 0.5) is 0 Å². The van der Waals surface area contributed by atoms with E-state index in [4.69, 9.17) is 15.3 Å². The van der Waals surface area contributed by atoms with Gasteiger partial charge in [-0.2, -0.15) is 0 Å². The molecule has 5 nitrogen and oxygen atoms in total. The quantitative estimate of drug-likeness (QED) is 0.520. The molecule has 1 atom stereocenters. The van der Waals surface area contributed by atoms with E-state index in [0.29, 0.717) is 0 Å². The number of aliphatic hydroxyl groups excluding tert-OH is 1. The van der Waals surface area contributed by atoms with Crippen LogP contribution in [0.3, 0.4) is 0 Å². The first-order chi connectivity index (χ1) is 9.16. The van der Waals surface area contributed by atoms with Gasteiger partial charge in [-0.3, -0.25) is 4.79 Å². The Bertz CT molecular complexity index is 269. The zero-order valence-corrected chi connectivity index (χ0v) is 16.0. The van der Waals surface area contributed by atoms with Gasteiger partial charge in [0.2, 0.25) is 0 Å². The summed E-state index contributed by atoms with van der Waals surface area (Å²) >= 11 is -1.44. The number of rotatable bonds is 9. The Hall–Kier alpha value is -0.301. The van der Waals surface area contributed by atoms with E-state index in [0.717, 1.165) is 0 Å². The molecule has 0 aliphatic carbocycles. The van der Waals surface area contributed by atoms with Crippen molar-refractivity contribution in [1.82, 2.24) is 0 Å². The molecule has 20 heavy (non-hydrogen) atoms. The third-order valence-electron chi connectivity index (χ3n) is 3.07. The Morgan fingerprint density at radius 2 is 1.40 bits per heavy atom. The molecule has 0 amide bonds. The molecule has 3 N–H and O–H groups in total. The number of carboxylic acid groups (broad SMARTS) is 2. The van der Waals surface area contributed by atoms with E-state index >= 15 is 0 Å². The first kappa shape index (κ1) is 22.0. The molecule has 0 aliphatic rings. The van der Waals surface area contributed by atoms with Crippen molar-refractivity contribution in [3.8, 4) is 0 Å². The van der Waals surface area contributed by atoms with E-state index in [1.165, 1.54) is 25.7 Å². The van der Waals surface area contributed by atoms with Crippen LogP contribution in [0.5, 0.6) is 0 Å². The molecule has 0 saturated heterocycles. The van der Waals surface area contributed by atoms with Crippen molar-refractivity contribution < 1.29 is 24.9 Å².